The summed E-state index contributed by atoms with van der Waals surface area (Å²) in [5.41, 5.74) is 2.15. The second-order valence-electron chi connectivity index (χ2n) is 7.48. The molecular formula is C23H21N3O4S2. The van der Waals surface area contributed by atoms with Gasteiger partial charge in [-0.05, 0) is 35.7 Å². The number of nitrogens with one attached hydrogen (secondary N) is 1. The van der Waals surface area contributed by atoms with E-state index in [1.807, 2.05) is 24.3 Å². The Labute approximate surface area is 190 Å². The molecule has 1 N–H and O–H groups in total. The van der Waals surface area contributed by atoms with Crippen molar-refractivity contribution in [2.45, 2.75) is 30.4 Å². The number of hydrogen-bond acceptors (Lipinski definition) is 7. The van der Waals surface area contributed by atoms with E-state index in [0.29, 0.717) is 16.1 Å². The molecule has 32 heavy (non-hydrogen) atoms. The van der Waals surface area contributed by atoms with Crippen LogP contribution < -0.4 is 5.32 Å². The van der Waals surface area contributed by atoms with Crippen molar-refractivity contribution >= 4 is 32.2 Å². The van der Waals surface area contributed by atoms with Crippen LogP contribution in [-0.4, -0.2) is 24.5 Å². The van der Waals surface area contributed by atoms with Crippen molar-refractivity contribution in [2.24, 2.45) is 0 Å². The van der Waals surface area contributed by atoms with Gasteiger partial charge >= 0.3 is 0 Å². The largest absolute Gasteiger partial charge is 0.455 e. The Kier molecular flexibility index (Phi) is 6.20. The molecule has 7 nitrogen and oxygen atoms in total. The van der Waals surface area contributed by atoms with Crippen molar-refractivity contribution in [2.75, 3.05) is 5.32 Å². The molecule has 0 fully saturated rings. The average molecular weight is 468 g/mol. The maximum atomic E-state index is 12.5. The van der Waals surface area contributed by atoms with Crippen LogP contribution in [0, 0.1) is 0 Å². The zero-order valence-corrected chi connectivity index (χ0v) is 19.1. The fourth-order valence-electron chi connectivity index (χ4n) is 3.04. The van der Waals surface area contributed by atoms with Crippen molar-refractivity contribution in [1.82, 2.24) is 10.2 Å². The Morgan fingerprint density at radius 1 is 1.00 bits per heavy atom. The number of anilines is 1. The molecule has 2 aromatic heterocycles. The van der Waals surface area contributed by atoms with Gasteiger partial charge in [0.25, 0.3) is 5.91 Å². The smallest absolute Gasteiger partial charge is 0.293 e. The van der Waals surface area contributed by atoms with Crippen LogP contribution >= 0.6 is 11.3 Å². The lowest BCUT2D eigenvalue weighted by Crippen LogP contribution is -2.10. The quantitative estimate of drug-likeness (QED) is 0.403. The van der Waals surface area contributed by atoms with Crippen LogP contribution in [0.4, 0.5) is 5.13 Å². The van der Waals surface area contributed by atoms with Crippen LogP contribution in [0.25, 0.3) is 10.6 Å². The molecule has 0 bridgehead atoms. The van der Waals surface area contributed by atoms with Gasteiger partial charge in [0.05, 0.1) is 4.90 Å². The molecule has 0 atom stereocenters. The topological polar surface area (TPSA) is 102 Å². The zero-order chi connectivity index (χ0) is 22.7. The van der Waals surface area contributed by atoms with E-state index in [1.54, 1.807) is 18.2 Å². The number of furan rings is 1. The number of carbonyl (C=O) groups is 1. The second-order valence-corrected chi connectivity index (χ2v) is 10.4. The predicted molar refractivity (Wildman–Crippen MR) is 123 cm³/mol. The number of carbonyl (C=O) groups excluding carboxylic acids is 1. The van der Waals surface area contributed by atoms with Gasteiger partial charge in [0, 0.05) is 5.56 Å². The third-order valence-electron chi connectivity index (χ3n) is 4.79. The SMILES string of the molecule is CC(C)c1ccc(-c2nnc(NC(=O)c3ccc(CS(=O)(=O)c4ccccc4)o3)s2)cc1. The van der Waals surface area contributed by atoms with Gasteiger partial charge in [-0.15, -0.1) is 10.2 Å². The molecule has 4 aromatic rings. The fraction of sp³-hybridized carbons (Fsp3) is 0.174. The van der Waals surface area contributed by atoms with E-state index in [4.69, 9.17) is 4.42 Å². The molecule has 0 aliphatic carbocycles. The Morgan fingerprint density at radius 3 is 2.41 bits per heavy atom. The van der Waals surface area contributed by atoms with Crippen molar-refractivity contribution < 1.29 is 17.6 Å². The van der Waals surface area contributed by atoms with Gasteiger partial charge in [0.2, 0.25) is 5.13 Å². The summed E-state index contributed by atoms with van der Waals surface area (Å²) in [6, 6.07) is 19.1. The number of nitrogens with zero attached hydrogens (tertiary/aromatic N) is 2. The predicted octanol–water partition coefficient (Wildman–Crippen LogP) is 5.15. The molecule has 2 aromatic carbocycles. The first-order valence-electron chi connectivity index (χ1n) is 9.93. The highest BCUT2D eigenvalue weighted by Gasteiger charge is 2.20. The Bertz CT molecular complexity index is 1330. The molecule has 1 amide bonds. The number of aromatic nitrogens is 2. The molecule has 2 heterocycles. The van der Waals surface area contributed by atoms with Gasteiger partial charge in [-0.1, -0.05) is 67.6 Å². The maximum Gasteiger partial charge on any atom is 0.293 e. The van der Waals surface area contributed by atoms with Gasteiger partial charge in [-0.2, -0.15) is 0 Å². The fourth-order valence-corrected chi connectivity index (χ4v) is 5.05. The molecule has 4 rings (SSSR count). The summed E-state index contributed by atoms with van der Waals surface area (Å²) in [7, 11) is -3.57. The Hall–Kier alpha value is -3.30. The summed E-state index contributed by atoms with van der Waals surface area (Å²) < 4.78 is 30.4. The average Bonchev–Trinajstić information content (AvgIpc) is 3.44. The maximum absolute atomic E-state index is 12.5. The van der Waals surface area contributed by atoms with Crippen molar-refractivity contribution in [1.29, 1.82) is 0 Å². The highest BCUT2D eigenvalue weighted by atomic mass is 32.2. The first-order valence-corrected chi connectivity index (χ1v) is 12.4. The minimum Gasteiger partial charge on any atom is -0.455 e. The van der Waals surface area contributed by atoms with Crippen molar-refractivity contribution in [3.63, 3.8) is 0 Å². The number of rotatable bonds is 7. The van der Waals surface area contributed by atoms with E-state index in [9.17, 15) is 13.2 Å². The lowest BCUT2D eigenvalue weighted by atomic mass is 10.0. The first kappa shape index (κ1) is 21.9. The van der Waals surface area contributed by atoms with Gasteiger partial charge in [-0.25, -0.2) is 8.42 Å². The summed E-state index contributed by atoms with van der Waals surface area (Å²) >= 11 is 1.25. The van der Waals surface area contributed by atoms with E-state index in [1.165, 1.54) is 41.2 Å². The molecule has 0 aliphatic heterocycles. The van der Waals surface area contributed by atoms with Crippen LogP contribution in [0.2, 0.25) is 0 Å². The molecule has 0 saturated carbocycles. The van der Waals surface area contributed by atoms with E-state index < -0.39 is 15.7 Å². The second kappa shape index (κ2) is 9.05. The molecule has 164 valence electrons. The number of amides is 1. The van der Waals surface area contributed by atoms with E-state index >= 15 is 0 Å². The molecular weight excluding hydrogens is 446 g/mol. The van der Waals surface area contributed by atoms with Crippen LogP contribution in [0.5, 0.6) is 0 Å². The standard InChI is InChI=1S/C23H21N3O4S2/c1-15(2)16-8-10-17(11-9-16)22-25-26-23(31-22)24-21(27)20-13-12-18(30-20)14-32(28,29)19-6-4-3-5-7-19/h3-13,15H,14H2,1-2H3,(H,24,26,27). The lowest BCUT2D eigenvalue weighted by Gasteiger charge is -2.04. The van der Waals surface area contributed by atoms with Crippen LogP contribution in [0.3, 0.4) is 0 Å². The van der Waals surface area contributed by atoms with Gasteiger partial charge in [0.1, 0.15) is 16.5 Å². The monoisotopic (exact) mass is 467 g/mol. The molecule has 9 heteroatoms. The van der Waals surface area contributed by atoms with Gasteiger partial charge in [0.15, 0.2) is 15.6 Å². The van der Waals surface area contributed by atoms with Crippen LogP contribution in [-0.2, 0) is 15.6 Å². The molecule has 0 spiro atoms. The van der Waals surface area contributed by atoms with Gasteiger partial charge in [-0.3, -0.25) is 10.1 Å². The molecule has 0 aliphatic rings. The van der Waals surface area contributed by atoms with Crippen LogP contribution in [0.1, 0.15) is 41.6 Å². The molecule has 0 saturated heterocycles. The number of hydrogen-bond donors (Lipinski definition) is 1. The summed E-state index contributed by atoms with van der Waals surface area (Å²) in [4.78, 5) is 12.7. The van der Waals surface area contributed by atoms with Crippen molar-refractivity contribution in [3.8, 4) is 10.6 Å². The zero-order valence-electron chi connectivity index (χ0n) is 17.5. The van der Waals surface area contributed by atoms with E-state index in [0.717, 1.165) is 5.56 Å². The third kappa shape index (κ3) is 4.95. The van der Waals surface area contributed by atoms with Crippen molar-refractivity contribution in [3.05, 3.63) is 83.8 Å². The lowest BCUT2D eigenvalue weighted by molar-refractivity contribution is 0.0995. The summed E-state index contributed by atoms with van der Waals surface area (Å²) in [5.74, 6) is -0.233. The van der Waals surface area contributed by atoms with E-state index in [-0.39, 0.29) is 22.2 Å². The highest BCUT2D eigenvalue weighted by molar-refractivity contribution is 7.90. The first-order chi connectivity index (χ1) is 15.3. The highest BCUT2D eigenvalue weighted by Crippen LogP contribution is 2.28. The minimum absolute atomic E-state index is 0.00120. The minimum atomic E-state index is -3.57. The van der Waals surface area contributed by atoms with Gasteiger partial charge < -0.3 is 4.42 Å². The van der Waals surface area contributed by atoms with E-state index in [2.05, 4.69) is 29.4 Å². The Balaban J connectivity index is 1.43. The van der Waals surface area contributed by atoms with Crippen LogP contribution in [0.15, 0.2) is 76.0 Å². The summed E-state index contributed by atoms with van der Waals surface area (Å²) in [6.07, 6.45) is 0. The number of sulfone groups is 1. The normalized spacial score (nSPS) is 11.6. The Morgan fingerprint density at radius 2 is 1.72 bits per heavy atom. The third-order valence-corrected chi connectivity index (χ3v) is 7.33. The number of benzene rings is 2. The summed E-state index contributed by atoms with van der Waals surface area (Å²) in [5, 5.41) is 11.8. The summed E-state index contributed by atoms with van der Waals surface area (Å²) in [6.45, 7) is 4.26. The molecule has 0 unspecified atom stereocenters. The molecule has 0 radical (unpaired) electrons.